The topological polar surface area (TPSA) is 81.5 Å². The first-order chi connectivity index (χ1) is 10.8. The Kier molecular flexibility index (Phi) is 4.59. The van der Waals surface area contributed by atoms with Crippen LogP contribution in [0.1, 0.15) is 0 Å². The quantitative estimate of drug-likeness (QED) is 0.865. The fraction of sp³-hybridized carbons (Fsp3) is 0.438. The lowest BCUT2D eigenvalue weighted by Gasteiger charge is -2.31. The molecule has 6 heteroatoms. The van der Waals surface area contributed by atoms with Gasteiger partial charge in [0.05, 0.1) is 12.7 Å². The lowest BCUT2D eigenvalue weighted by molar-refractivity contribution is -0.0214. The highest BCUT2D eigenvalue weighted by Crippen LogP contribution is 2.24. The third-order valence-corrected chi connectivity index (χ3v) is 3.75. The van der Waals surface area contributed by atoms with E-state index in [0.717, 1.165) is 23.2 Å². The van der Waals surface area contributed by atoms with Gasteiger partial charge in [-0.1, -0.05) is 6.07 Å². The van der Waals surface area contributed by atoms with Gasteiger partial charge < -0.3 is 19.6 Å². The molecule has 2 aromatic rings. The van der Waals surface area contributed by atoms with Gasteiger partial charge in [0.2, 0.25) is 0 Å². The van der Waals surface area contributed by atoms with Crippen LogP contribution in [0.2, 0.25) is 0 Å². The number of rotatable bonds is 5. The number of β-amino-alcohol motifs (C(OH)–C–C–N with tert-alkyl or cyclic N) is 1. The van der Waals surface area contributed by atoms with Crippen molar-refractivity contribution in [1.82, 2.24) is 9.88 Å². The lowest BCUT2D eigenvalue weighted by atomic mass is 10.2. The van der Waals surface area contributed by atoms with E-state index in [2.05, 4.69) is 11.1 Å². The molecule has 1 aromatic carbocycles. The molecule has 0 amide bonds. The summed E-state index contributed by atoms with van der Waals surface area (Å²) in [6, 6.07) is 9.85. The van der Waals surface area contributed by atoms with E-state index in [1.165, 1.54) is 0 Å². The average molecular weight is 301 g/mol. The number of benzene rings is 1. The Morgan fingerprint density at radius 1 is 1.50 bits per heavy atom. The molecule has 1 fully saturated rings. The summed E-state index contributed by atoms with van der Waals surface area (Å²) in [6.45, 7) is 2.47. The Labute approximate surface area is 128 Å². The fourth-order valence-corrected chi connectivity index (χ4v) is 2.67. The molecule has 22 heavy (non-hydrogen) atoms. The molecule has 0 radical (unpaired) electrons. The molecule has 1 aromatic heterocycles. The summed E-state index contributed by atoms with van der Waals surface area (Å²) >= 11 is 0. The number of aliphatic hydroxyl groups excluding tert-OH is 1. The van der Waals surface area contributed by atoms with Gasteiger partial charge in [0.25, 0.3) is 0 Å². The molecule has 3 rings (SSSR count). The van der Waals surface area contributed by atoms with E-state index < -0.39 is 12.2 Å². The van der Waals surface area contributed by atoms with Crippen LogP contribution in [-0.4, -0.2) is 60.0 Å². The zero-order valence-electron chi connectivity index (χ0n) is 12.2. The normalized spacial score (nSPS) is 20.6. The minimum atomic E-state index is -0.605. The minimum Gasteiger partial charge on any atom is -0.490 e. The van der Waals surface area contributed by atoms with Gasteiger partial charge in [-0.15, -0.1) is 0 Å². The highest BCUT2D eigenvalue weighted by Gasteiger charge is 2.22. The maximum Gasteiger partial charge on any atom is 0.156 e. The van der Waals surface area contributed by atoms with Gasteiger partial charge in [-0.05, 0) is 18.2 Å². The highest BCUT2D eigenvalue weighted by atomic mass is 16.5. The van der Waals surface area contributed by atoms with Crippen molar-refractivity contribution in [2.45, 2.75) is 12.2 Å². The zero-order chi connectivity index (χ0) is 15.4. The van der Waals surface area contributed by atoms with Gasteiger partial charge in [-0.25, -0.2) is 0 Å². The largest absolute Gasteiger partial charge is 0.490 e. The van der Waals surface area contributed by atoms with Crippen LogP contribution in [0.4, 0.5) is 0 Å². The molecule has 1 aliphatic heterocycles. The van der Waals surface area contributed by atoms with Crippen molar-refractivity contribution in [3.63, 3.8) is 0 Å². The van der Waals surface area contributed by atoms with Gasteiger partial charge in [-0.2, -0.15) is 5.26 Å². The van der Waals surface area contributed by atoms with Crippen molar-refractivity contribution in [3.05, 3.63) is 30.5 Å². The Balaban J connectivity index is 1.53. The summed E-state index contributed by atoms with van der Waals surface area (Å²) in [5.41, 5.74) is 1.01. The van der Waals surface area contributed by atoms with Crippen LogP contribution in [-0.2, 0) is 4.74 Å². The first-order valence-electron chi connectivity index (χ1n) is 7.37. The average Bonchev–Trinajstić information content (AvgIpc) is 3.02. The number of hydrogen-bond acceptors (Lipinski definition) is 5. The van der Waals surface area contributed by atoms with Gasteiger partial charge in [0.15, 0.2) is 6.10 Å². The molecule has 2 unspecified atom stereocenters. The lowest BCUT2D eigenvalue weighted by Crippen LogP contribution is -2.46. The second-order valence-corrected chi connectivity index (χ2v) is 5.41. The van der Waals surface area contributed by atoms with E-state index in [0.29, 0.717) is 19.7 Å². The number of aromatic amines is 1. The number of nitriles is 1. The van der Waals surface area contributed by atoms with Gasteiger partial charge in [0, 0.05) is 36.7 Å². The summed E-state index contributed by atoms with van der Waals surface area (Å²) in [7, 11) is 0. The molecule has 1 saturated heterocycles. The summed E-state index contributed by atoms with van der Waals surface area (Å²) in [6.07, 6.45) is 0.853. The number of fused-ring (bicyclic) bond motifs is 1. The molecule has 6 nitrogen and oxygen atoms in total. The molecule has 2 N–H and O–H groups in total. The first-order valence-corrected chi connectivity index (χ1v) is 7.37. The maximum absolute atomic E-state index is 10.1. The van der Waals surface area contributed by atoms with Crippen LogP contribution in [0.5, 0.6) is 5.75 Å². The number of ether oxygens (including phenoxy) is 2. The van der Waals surface area contributed by atoms with E-state index in [1.54, 1.807) is 0 Å². The number of morpholine rings is 1. The van der Waals surface area contributed by atoms with Crippen LogP contribution in [0.15, 0.2) is 30.5 Å². The number of nitrogens with one attached hydrogen (secondary N) is 1. The third kappa shape index (κ3) is 3.39. The van der Waals surface area contributed by atoms with Crippen molar-refractivity contribution in [2.24, 2.45) is 0 Å². The molecule has 2 heterocycles. The second-order valence-electron chi connectivity index (χ2n) is 5.41. The number of aromatic nitrogens is 1. The maximum atomic E-state index is 10.1. The van der Waals surface area contributed by atoms with Crippen molar-refractivity contribution in [1.29, 1.82) is 5.26 Å². The summed E-state index contributed by atoms with van der Waals surface area (Å²) in [5.74, 6) is 0.759. The molecule has 0 spiro atoms. The van der Waals surface area contributed by atoms with E-state index in [9.17, 15) is 5.11 Å². The van der Waals surface area contributed by atoms with Crippen molar-refractivity contribution < 1.29 is 14.6 Å². The zero-order valence-corrected chi connectivity index (χ0v) is 12.2. The Morgan fingerprint density at radius 3 is 3.27 bits per heavy atom. The van der Waals surface area contributed by atoms with Crippen LogP contribution in [0.3, 0.4) is 0 Å². The van der Waals surface area contributed by atoms with E-state index in [-0.39, 0.29) is 6.61 Å². The summed E-state index contributed by atoms with van der Waals surface area (Å²) in [5, 5.41) is 20.0. The first kappa shape index (κ1) is 14.9. The Bertz CT molecular complexity index is 664. The van der Waals surface area contributed by atoms with E-state index >= 15 is 0 Å². The molecular formula is C16H19N3O3. The molecular weight excluding hydrogens is 282 g/mol. The van der Waals surface area contributed by atoms with Gasteiger partial charge >= 0.3 is 0 Å². The molecule has 0 aliphatic carbocycles. The van der Waals surface area contributed by atoms with Crippen molar-refractivity contribution in [3.8, 4) is 11.8 Å². The van der Waals surface area contributed by atoms with E-state index in [1.807, 2.05) is 35.4 Å². The summed E-state index contributed by atoms with van der Waals surface area (Å²) < 4.78 is 11.0. The molecule has 1 aliphatic rings. The third-order valence-electron chi connectivity index (χ3n) is 3.75. The van der Waals surface area contributed by atoms with Crippen LogP contribution in [0, 0.1) is 11.3 Å². The van der Waals surface area contributed by atoms with Crippen LogP contribution in [0.25, 0.3) is 10.9 Å². The Hall–Kier alpha value is -2.07. The smallest absolute Gasteiger partial charge is 0.156 e. The molecule has 0 bridgehead atoms. The fourth-order valence-electron chi connectivity index (χ4n) is 2.67. The van der Waals surface area contributed by atoms with Crippen molar-refractivity contribution in [2.75, 3.05) is 32.8 Å². The van der Waals surface area contributed by atoms with Gasteiger partial charge in [-0.3, -0.25) is 4.90 Å². The monoisotopic (exact) mass is 301 g/mol. The number of aliphatic hydroxyl groups is 1. The minimum absolute atomic E-state index is 0.221. The molecule has 2 atom stereocenters. The predicted molar refractivity (Wildman–Crippen MR) is 81.6 cm³/mol. The van der Waals surface area contributed by atoms with E-state index in [4.69, 9.17) is 14.7 Å². The standard InChI is InChI=1S/C16H19N3O3/c17-8-13-10-19(6-7-21-13)9-12(20)11-22-16-3-1-2-15-14(16)4-5-18-15/h1-5,12-13,18,20H,6-7,9-11H2. The van der Waals surface area contributed by atoms with Crippen molar-refractivity contribution >= 4 is 10.9 Å². The van der Waals surface area contributed by atoms with Gasteiger partial charge in [0.1, 0.15) is 18.5 Å². The second kappa shape index (κ2) is 6.79. The van der Waals surface area contributed by atoms with Crippen LogP contribution >= 0.6 is 0 Å². The Morgan fingerprint density at radius 2 is 2.41 bits per heavy atom. The SMILES string of the molecule is N#CC1CN(CC(O)COc2cccc3[nH]ccc23)CCO1. The van der Waals surface area contributed by atoms with Crippen LogP contribution < -0.4 is 4.74 Å². The molecule has 0 saturated carbocycles. The summed E-state index contributed by atoms with van der Waals surface area (Å²) in [4.78, 5) is 5.16. The number of hydrogen-bond donors (Lipinski definition) is 2. The number of H-pyrrole nitrogens is 1. The highest BCUT2D eigenvalue weighted by molar-refractivity contribution is 5.85. The predicted octanol–water partition coefficient (Wildman–Crippen LogP) is 1.13. The molecule has 116 valence electrons. The number of nitrogens with zero attached hydrogens (tertiary/aromatic N) is 2.